The lowest BCUT2D eigenvalue weighted by molar-refractivity contribution is -0.385. The van der Waals surface area contributed by atoms with Gasteiger partial charge in [-0.05, 0) is 38.8 Å². The molecule has 1 unspecified atom stereocenters. The zero-order valence-electron chi connectivity index (χ0n) is 27.1. The van der Waals surface area contributed by atoms with E-state index in [-0.39, 0.29) is 46.1 Å². The average Bonchev–Trinajstić information content (AvgIpc) is 3.03. The van der Waals surface area contributed by atoms with Crippen molar-refractivity contribution < 1.29 is 48.7 Å². The third kappa shape index (κ3) is 8.28. The number of carboxylic acid groups (broad SMARTS) is 2. The number of carbonyl (C=O) groups excluding carboxylic acids is 2. The van der Waals surface area contributed by atoms with Gasteiger partial charge in [0.05, 0.1) is 58.2 Å². The molecule has 0 bridgehead atoms. The van der Waals surface area contributed by atoms with Crippen molar-refractivity contribution in [2.75, 3.05) is 14.2 Å². The topological polar surface area (TPSA) is 238 Å². The second kappa shape index (κ2) is 16.2. The molecule has 0 fully saturated rings. The number of esters is 2. The Morgan fingerprint density at radius 3 is 1.20 bits per heavy atom. The van der Waals surface area contributed by atoms with Gasteiger partial charge in [0, 0.05) is 47.1 Å². The van der Waals surface area contributed by atoms with Crippen LogP contribution in [0.2, 0.25) is 0 Å². The number of aliphatic carboxylic acids is 2. The number of ether oxygens (including phenoxy) is 2. The SMILES string of the molecule is COC(=O)C1=C(C)NC(C)=C(C(=O)O)C1c1cccc([N+](=O)[O-])c1.COC(=O)C1=C(C)NC(C)=C(C(=O)O)[C@@H]1c1cccc([N+](=O)[O-])c1.Cl. The lowest BCUT2D eigenvalue weighted by Gasteiger charge is -2.29. The Kier molecular flexibility index (Phi) is 12.9. The average molecular weight is 701 g/mol. The van der Waals surface area contributed by atoms with Crippen molar-refractivity contribution in [1.82, 2.24) is 10.6 Å². The summed E-state index contributed by atoms with van der Waals surface area (Å²) in [5, 5.41) is 46.9. The highest BCUT2D eigenvalue weighted by atomic mass is 35.5. The summed E-state index contributed by atoms with van der Waals surface area (Å²) in [5.74, 6) is -5.74. The van der Waals surface area contributed by atoms with Crippen LogP contribution in [0.15, 0.2) is 93.6 Å². The van der Waals surface area contributed by atoms with E-state index >= 15 is 0 Å². The number of carboxylic acids is 2. The third-order valence-corrected chi connectivity index (χ3v) is 7.62. The number of nitrogens with zero attached hydrogens (tertiary/aromatic N) is 2. The van der Waals surface area contributed by atoms with Gasteiger partial charge in [0.1, 0.15) is 0 Å². The van der Waals surface area contributed by atoms with Gasteiger partial charge < -0.3 is 30.3 Å². The van der Waals surface area contributed by atoms with Crippen molar-refractivity contribution in [2.45, 2.75) is 39.5 Å². The highest BCUT2D eigenvalue weighted by Crippen LogP contribution is 2.41. The van der Waals surface area contributed by atoms with E-state index in [0.29, 0.717) is 33.9 Å². The van der Waals surface area contributed by atoms with Crippen molar-refractivity contribution in [2.24, 2.45) is 0 Å². The predicted octanol–water partition coefficient (Wildman–Crippen LogP) is 4.60. The van der Waals surface area contributed by atoms with E-state index in [0.717, 1.165) is 0 Å². The van der Waals surface area contributed by atoms with Crippen LogP contribution < -0.4 is 10.6 Å². The van der Waals surface area contributed by atoms with Crippen LogP contribution in [0, 0.1) is 20.2 Å². The van der Waals surface area contributed by atoms with Gasteiger partial charge in [0.15, 0.2) is 0 Å². The van der Waals surface area contributed by atoms with E-state index in [9.17, 15) is 49.6 Å². The predicted molar refractivity (Wildman–Crippen MR) is 175 cm³/mol. The molecule has 4 N–H and O–H groups in total. The van der Waals surface area contributed by atoms with E-state index in [1.54, 1.807) is 39.8 Å². The van der Waals surface area contributed by atoms with E-state index in [2.05, 4.69) is 10.6 Å². The molecule has 0 aliphatic carbocycles. The van der Waals surface area contributed by atoms with Crippen LogP contribution in [0.3, 0.4) is 0 Å². The van der Waals surface area contributed by atoms with E-state index in [1.165, 1.54) is 50.6 Å². The van der Waals surface area contributed by atoms with Gasteiger partial charge in [-0.1, -0.05) is 24.3 Å². The first-order valence-electron chi connectivity index (χ1n) is 14.0. The molecule has 17 heteroatoms. The number of non-ortho nitro benzene ring substituents is 2. The first-order valence-corrected chi connectivity index (χ1v) is 14.0. The van der Waals surface area contributed by atoms with Crippen molar-refractivity contribution in [3.05, 3.63) is 125 Å². The molecular formula is C32H33ClN4O12. The monoisotopic (exact) mass is 700 g/mol. The fourth-order valence-electron chi connectivity index (χ4n) is 5.62. The van der Waals surface area contributed by atoms with Crippen molar-refractivity contribution in [3.8, 4) is 0 Å². The number of carbonyl (C=O) groups is 4. The van der Waals surface area contributed by atoms with Gasteiger partial charge in [0.25, 0.3) is 11.4 Å². The molecule has 16 nitrogen and oxygen atoms in total. The maximum absolute atomic E-state index is 12.2. The summed E-state index contributed by atoms with van der Waals surface area (Å²) in [6, 6.07) is 11.1. The molecule has 2 aliphatic rings. The second-order valence-corrected chi connectivity index (χ2v) is 10.6. The molecular weight excluding hydrogens is 668 g/mol. The molecule has 0 amide bonds. The number of rotatable bonds is 8. The van der Waals surface area contributed by atoms with Gasteiger partial charge in [-0.25, -0.2) is 19.2 Å². The number of hydrogen-bond donors (Lipinski definition) is 4. The molecule has 0 radical (unpaired) electrons. The Morgan fingerprint density at radius 1 is 0.633 bits per heavy atom. The molecule has 2 atom stereocenters. The fourth-order valence-corrected chi connectivity index (χ4v) is 5.62. The Hall–Kier alpha value is -6.03. The van der Waals surface area contributed by atoms with Gasteiger partial charge in [-0.2, -0.15) is 0 Å². The molecule has 2 aromatic rings. The highest BCUT2D eigenvalue weighted by Gasteiger charge is 2.39. The number of dihydropyridines is 2. The van der Waals surface area contributed by atoms with Crippen LogP contribution in [0.1, 0.15) is 50.7 Å². The molecule has 0 saturated carbocycles. The molecule has 2 aromatic carbocycles. The summed E-state index contributed by atoms with van der Waals surface area (Å²) in [5.41, 5.74) is 2.04. The smallest absolute Gasteiger partial charge is 0.336 e. The molecule has 0 spiro atoms. The first kappa shape index (κ1) is 39.1. The standard InChI is InChI=1S/2C16H16N2O6.ClH/c2*1-8-12(15(19)20)14(13(9(2)17-8)16(21)24-3)10-5-4-6-11(7-10)18(22)23;/h2*4-7,14,17H,1-3H3,(H,19,20);1H/t14-;;/m0../s1. The highest BCUT2D eigenvalue weighted by molar-refractivity contribution is 6.00. The minimum absolute atomic E-state index is 0. The zero-order chi connectivity index (χ0) is 36.0. The summed E-state index contributed by atoms with van der Waals surface area (Å²) in [7, 11) is 2.39. The number of nitrogens with one attached hydrogen (secondary N) is 2. The number of nitro groups is 2. The third-order valence-electron chi connectivity index (χ3n) is 7.62. The van der Waals surface area contributed by atoms with Crippen LogP contribution in [0.5, 0.6) is 0 Å². The number of benzene rings is 2. The van der Waals surface area contributed by atoms with Crippen LogP contribution in [0.25, 0.3) is 0 Å². The minimum Gasteiger partial charge on any atom is -0.478 e. The van der Waals surface area contributed by atoms with E-state index in [4.69, 9.17) is 9.47 Å². The lowest BCUT2D eigenvalue weighted by atomic mass is 9.80. The van der Waals surface area contributed by atoms with E-state index < -0.39 is 45.6 Å². The van der Waals surface area contributed by atoms with Crippen LogP contribution >= 0.6 is 12.4 Å². The van der Waals surface area contributed by atoms with Crippen LogP contribution in [0.4, 0.5) is 11.4 Å². The van der Waals surface area contributed by atoms with Crippen molar-refractivity contribution in [3.63, 3.8) is 0 Å². The molecule has 0 aromatic heterocycles. The zero-order valence-corrected chi connectivity index (χ0v) is 27.9. The van der Waals surface area contributed by atoms with Gasteiger partial charge in [-0.3, -0.25) is 20.2 Å². The summed E-state index contributed by atoms with van der Waals surface area (Å²) < 4.78 is 9.53. The molecule has 49 heavy (non-hydrogen) atoms. The molecule has 4 rings (SSSR count). The summed E-state index contributed by atoms with van der Waals surface area (Å²) >= 11 is 0. The van der Waals surface area contributed by atoms with Crippen LogP contribution in [-0.4, -0.2) is 58.2 Å². The quantitative estimate of drug-likeness (QED) is 0.167. The lowest BCUT2D eigenvalue weighted by Crippen LogP contribution is -2.31. The Balaban J connectivity index is 0.000000333. The van der Waals surface area contributed by atoms with Crippen molar-refractivity contribution in [1.29, 1.82) is 0 Å². The summed E-state index contributed by atoms with van der Waals surface area (Å²) in [6.07, 6.45) is 0. The maximum Gasteiger partial charge on any atom is 0.336 e. The van der Waals surface area contributed by atoms with Crippen LogP contribution in [-0.2, 0) is 28.7 Å². The normalized spacial score (nSPS) is 17.0. The maximum atomic E-state index is 12.2. The number of methoxy groups -OCH3 is 2. The molecule has 2 heterocycles. The van der Waals surface area contributed by atoms with Crippen molar-refractivity contribution >= 4 is 47.7 Å². The van der Waals surface area contributed by atoms with Gasteiger partial charge >= 0.3 is 23.9 Å². The summed E-state index contributed by atoms with van der Waals surface area (Å²) in [4.78, 5) is 68.7. The minimum atomic E-state index is -1.22. The Morgan fingerprint density at radius 2 is 0.939 bits per heavy atom. The number of halogens is 1. The number of hydrogen-bond acceptors (Lipinski definition) is 12. The summed E-state index contributed by atoms with van der Waals surface area (Å²) in [6.45, 7) is 6.40. The van der Waals surface area contributed by atoms with Gasteiger partial charge in [-0.15, -0.1) is 12.4 Å². The molecule has 0 saturated heterocycles. The Labute approximate surface area is 285 Å². The number of nitro benzene ring substituents is 2. The first-order chi connectivity index (χ1) is 22.5. The number of allylic oxidation sites excluding steroid dienone is 4. The largest absolute Gasteiger partial charge is 0.478 e. The Bertz CT molecular complexity index is 1730. The fraction of sp³-hybridized carbons (Fsp3) is 0.250. The second-order valence-electron chi connectivity index (χ2n) is 10.6. The van der Waals surface area contributed by atoms with Gasteiger partial charge in [0.2, 0.25) is 0 Å². The molecule has 260 valence electrons. The van der Waals surface area contributed by atoms with E-state index in [1.807, 2.05) is 0 Å². The molecule has 2 aliphatic heterocycles.